The van der Waals surface area contributed by atoms with E-state index in [2.05, 4.69) is 17.0 Å². The van der Waals surface area contributed by atoms with Gasteiger partial charge in [0.05, 0.1) is 12.7 Å². The molecule has 0 saturated carbocycles. The highest BCUT2D eigenvalue weighted by Gasteiger charge is 2.18. The van der Waals surface area contributed by atoms with E-state index in [-0.39, 0.29) is 0 Å². The zero-order valence-corrected chi connectivity index (χ0v) is 9.39. The van der Waals surface area contributed by atoms with Crippen molar-refractivity contribution in [1.82, 2.24) is 14.8 Å². The number of hydrogen-bond acceptors (Lipinski definition) is 3. The maximum atomic E-state index is 5.30. The van der Waals surface area contributed by atoms with Gasteiger partial charge < -0.3 is 4.42 Å². The zero-order valence-electron chi connectivity index (χ0n) is 9.39. The fraction of sp³-hybridized carbons (Fsp3) is 0.500. The van der Waals surface area contributed by atoms with Crippen LogP contribution in [0.5, 0.6) is 0 Å². The number of rotatable bonds is 2. The molecule has 0 aliphatic carbocycles. The van der Waals surface area contributed by atoms with E-state index < -0.39 is 0 Å². The summed E-state index contributed by atoms with van der Waals surface area (Å²) in [6.45, 7) is 3.26. The molecule has 0 spiro atoms. The molecular formula is C12H15N3O. The normalized spacial score (nSPS) is 19.7. The van der Waals surface area contributed by atoms with Crippen LogP contribution in [0.25, 0.3) is 0 Å². The smallest absolute Gasteiger partial charge is 0.158 e. The Bertz CT molecular complexity index is 472. The molecule has 16 heavy (non-hydrogen) atoms. The SMILES string of the molecule is CC1CCc2nc(Cc3ccco3)nn2C1. The van der Waals surface area contributed by atoms with Gasteiger partial charge in [0.25, 0.3) is 0 Å². The molecule has 0 aromatic carbocycles. The standard InChI is InChI=1S/C12H15N3O/c1-9-4-5-12-13-11(14-15(12)8-9)7-10-3-2-6-16-10/h2-3,6,9H,4-5,7-8H2,1H3. The summed E-state index contributed by atoms with van der Waals surface area (Å²) < 4.78 is 7.35. The summed E-state index contributed by atoms with van der Waals surface area (Å²) in [5, 5.41) is 4.52. The van der Waals surface area contributed by atoms with Crippen molar-refractivity contribution in [3.63, 3.8) is 0 Å². The van der Waals surface area contributed by atoms with Gasteiger partial charge >= 0.3 is 0 Å². The Kier molecular flexibility index (Phi) is 2.27. The van der Waals surface area contributed by atoms with E-state index in [1.54, 1.807) is 6.26 Å². The molecule has 1 unspecified atom stereocenters. The van der Waals surface area contributed by atoms with Gasteiger partial charge in [-0.15, -0.1) is 0 Å². The average Bonchev–Trinajstić information content (AvgIpc) is 2.86. The summed E-state index contributed by atoms with van der Waals surface area (Å²) in [6, 6.07) is 3.86. The van der Waals surface area contributed by atoms with Crippen molar-refractivity contribution in [3.8, 4) is 0 Å². The Morgan fingerprint density at radius 1 is 1.56 bits per heavy atom. The molecule has 4 nitrogen and oxygen atoms in total. The van der Waals surface area contributed by atoms with E-state index in [1.807, 2.05) is 16.8 Å². The van der Waals surface area contributed by atoms with Gasteiger partial charge in [-0.05, 0) is 24.5 Å². The number of aryl methyl sites for hydroxylation is 1. The van der Waals surface area contributed by atoms with Crippen LogP contribution in [0.15, 0.2) is 22.8 Å². The second kappa shape index (κ2) is 3.77. The fourth-order valence-electron chi connectivity index (χ4n) is 2.16. The first-order chi connectivity index (χ1) is 7.81. The van der Waals surface area contributed by atoms with Crippen LogP contribution in [0.3, 0.4) is 0 Å². The van der Waals surface area contributed by atoms with Crippen molar-refractivity contribution >= 4 is 0 Å². The molecule has 4 heteroatoms. The molecule has 2 aromatic heterocycles. The quantitative estimate of drug-likeness (QED) is 0.773. The Labute approximate surface area is 94.3 Å². The molecule has 1 aliphatic rings. The van der Waals surface area contributed by atoms with Crippen LogP contribution in [0.2, 0.25) is 0 Å². The lowest BCUT2D eigenvalue weighted by atomic mass is 10.0. The predicted octanol–water partition coefficient (Wildman–Crippen LogP) is 2.04. The van der Waals surface area contributed by atoms with Crippen molar-refractivity contribution in [2.24, 2.45) is 5.92 Å². The lowest BCUT2D eigenvalue weighted by molar-refractivity contribution is 0.367. The van der Waals surface area contributed by atoms with E-state index in [4.69, 9.17) is 4.42 Å². The van der Waals surface area contributed by atoms with Gasteiger partial charge in [-0.3, -0.25) is 0 Å². The fourth-order valence-corrected chi connectivity index (χ4v) is 2.16. The Balaban J connectivity index is 1.82. The summed E-state index contributed by atoms with van der Waals surface area (Å²) in [6.07, 6.45) is 4.65. The highest BCUT2D eigenvalue weighted by Crippen LogP contribution is 2.18. The van der Waals surface area contributed by atoms with E-state index in [0.29, 0.717) is 12.3 Å². The van der Waals surface area contributed by atoms with Gasteiger partial charge in [0, 0.05) is 13.0 Å². The lowest BCUT2D eigenvalue weighted by Crippen LogP contribution is -2.18. The van der Waals surface area contributed by atoms with Crippen LogP contribution >= 0.6 is 0 Å². The monoisotopic (exact) mass is 217 g/mol. The maximum Gasteiger partial charge on any atom is 0.158 e. The topological polar surface area (TPSA) is 43.9 Å². The minimum absolute atomic E-state index is 0.696. The molecule has 3 heterocycles. The summed E-state index contributed by atoms with van der Waals surface area (Å²) in [5.74, 6) is 3.64. The van der Waals surface area contributed by atoms with Gasteiger partial charge in [0.2, 0.25) is 0 Å². The number of aromatic nitrogens is 3. The third kappa shape index (κ3) is 1.75. The first kappa shape index (κ1) is 9.63. The molecule has 2 aromatic rings. The zero-order chi connectivity index (χ0) is 11.0. The van der Waals surface area contributed by atoms with Crippen LogP contribution in [-0.2, 0) is 19.4 Å². The largest absolute Gasteiger partial charge is 0.469 e. The molecule has 1 aliphatic heterocycles. The van der Waals surface area contributed by atoms with Crippen LogP contribution < -0.4 is 0 Å². The minimum Gasteiger partial charge on any atom is -0.469 e. The number of nitrogens with zero attached hydrogens (tertiary/aromatic N) is 3. The number of fused-ring (bicyclic) bond motifs is 1. The maximum absolute atomic E-state index is 5.30. The van der Waals surface area contributed by atoms with E-state index in [1.165, 1.54) is 6.42 Å². The van der Waals surface area contributed by atoms with Crippen molar-refractivity contribution in [3.05, 3.63) is 35.8 Å². The van der Waals surface area contributed by atoms with Gasteiger partial charge in [-0.2, -0.15) is 5.10 Å². The molecule has 0 N–H and O–H groups in total. The average molecular weight is 217 g/mol. The van der Waals surface area contributed by atoms with E-state index in [0.717, 1.165) is 30.4 Å². The summed E-state index contributed by atoms with van der Waals surface area (Å²) >= 11 is 0. The molecule has 0 amide bonds. The third-order valence-electron chi connectivity index (χ3n) is 3.05. The number of hydrogen-bond donors (Lipinski definition) is 0. The summed E-state index contributed by atoms with van der Waals surface area (Å²) in [4.78, 5) is 4.55. The lowest BCUT2D eigenvalue weighted by Gasteiger charge is -2.17. The molecule has 84 valence electrons. The van der Waals surface area contributed by atoms with Crippen LogP contribution in [0.1, 0.15) is 30.8 Å². The summed E-state index contributed by atoms with van der Waals surface area (Å²) in [7, 11) is 0. The molecule has 1 atom stereocenters. The molecule has 0 bridgehead atoms. The Hall–Kier alpha value is -1.58. The molecule has 0 radical (unpaired) electrons. The molecule has 3 rings (SSSR count). The second-order valence-electron chi connectivity index (χ2n) is 4.53. The first-order valence-electron chi connectivity index (χ1n) is 5.76. The second-order valence-corrected chi connectivity index (χ2v) is 4.53. The predicted molar refractivity (Wildman–Crippen MR) is 59.0 cm³/mol. The first-order valence-corrected chi connectivity index (χ1v) is 5.76. The summed E-state index contributed by atoms with van der Waals surface area (Å²) in [5.41, 5.74) is 0. The van der Waals surface area contributed by atoms with Gasteiger partial charge in [-0.25, -0.2) is 9.67 Å². The highest BCUT2D eigenvalue weighted by atomic mass is 16.3. The molecular weight excluding hydrogens is 202 g/mol. The van der Waals surface area contributed by atoms with Crippen molar-refractivity contribution in [2.45, 2.75) is 32.7 Å². The van der Waals surface area contributed by atoms with E-state index in [9.17, 15) is 0 Å². The minimum atomic E-state index is 0.696. The van der Waals surface area contributed by atoms with Crippen LogP contribution in [0, 0.1) is 5.92 Å². The molecule has 0 saturated heterocycles. The van der Waals surface area contributed by atoms with Crippen LogP contribution in [0.4, 0.5) is 0 Å². The number of furan rings is 1. The van der Waals surface area contributed by atoms with Crippen molar-refractivity contribution in [2.75, 3.05) is 0 Å². The molecule has 0 fully saturated rings. The Morgan fingerprint density at radius 3 is 3.31 bits per heavy atom. The Morgan fingerprint density at radius 2 is 2.50 bits per heavy atom. The van der Waals surface area contributed by atoms with E-state index >= 15 is 0 Å². The van der Waals surface area contributed by atoms with Crippen molar-refractivity contribution < 1.29 is 4.42 Å². The van der Waals surface area contributed by atoms with Crippen LogP contribution in [-0.4, -0.2) is 14.8 Å². The van der Waals surface area contributed by atoms with Gasteiger partial charge in [0.15, 0.2) is 5.82 Å². The highest BCUT2D eigenvalue weighted by molar-refractivity contribution is 5.07. The van der Waals surface area contributed by atoms with Crippen molar-refractivity contribution in [1.29, 1.82) is 0 Å². The third-order valence-corrected chi connectivity index (χ3v) is 3.05. The van der Waals surface area contributed by atoms with Gasteiger partial charge in [0.1, 0.15) is 11.6 Å². The van der Waals surface area contributed by atoms with Gasteiger partial charge in [-0.1, -0.05) is 6.92 Å².